The fraction of sp³-hybridized carbons (Fsp3) is 0.667. The summed E-state index contributed by atoms with van der Waals surface area (Å²) >= 11 is 6.25. The van der Waals surface area contributed by atoms with Gasteiger partial charge in [0.1, 0.15) is 5.82 Å². The van der Waals surface area contributed by atoms with Crippen molar-refractivity contribution in [2.75, 3.05) is 25.5 Å². The summed E-state index contributed by atoms with van der Waals surface area (Å²) in [5.74, 6) is 2.16. The van der Waals surface area contributed by atoms with Crippen LogP contribution in [0.4, 0.5) is 5.82 Å². The summed E-state index contributed by atoms with van der Waals surface area (Å²) in [6.07, 6.45) is 0. The maximum absolute atomic E-state index is 6.25. The molecule has 1 aromatic heterocycles. The van der Waals surface area contributed by atoms with Crippen LogP contribution in [-0.4, -0.2) is 30.0 Å². The Hall–Kier alpha value is -0.800. The molecule has 1 rings (SSSR count). The van der Waals surface area contributed by atoms with E-state index in [2.05, 4.69) is 42.9 Å². The molecular formula is C15H26ClN3. The number of halogens is 1. The van der Waals surface area contributed by atoms with E-state index in [-0.39, 0.29) is 0 Å². The Morgan fingerprint density at radius 1 is 1.16 bits per heavy atom. The second kappa shape index (κ2) is 7.71. The molecule has 0 atom stereocenters. The van der Waals surface area contributed by atoms with Crippen LogP contribution in [0.15, 0.2) is 12.1 Å². The summed E-state index contributed by atoms with van der Waals surface area (Å²) < 4.78 is 0. The summed E-state index contributed by atoms with van der Waals surface area (Å²) in [5.41, 5.74) is 0.954. The molecule has 0 radical (unpaired) electrons. The summed E-state index contributed by atoms with van der Waals surface area (Å²) in [6, 6.07) is 3.82. The van der Waals surface area contributed by atoms with Crippen molar-refractivity contribution in [3.63, 3.8) is 0 Å². The van der Waals surface area contributed by atoms with Gasteiger partial charge in [0.05, 0.1) is 10.7 Å². The first-order valence-corrected chi connectivity index (χ1v) is 7.35. The van der Waals surface area contributed by atoms with E-state index >= 15 is 0 Å². The van der Waals surface area contributed by atoms with Gasteiger partial charge in [0.15, 0.2) is 0 Å². The molecule has 0 amide bonds. The second-order valence-corrected chi connectivity index (χ2v) is 6.26. The number of aromatic nitrogens is 1. The zero-order valence-electron chi connectivity index (χ0n) is 12.7. The molecule has 0 bridgehead atoms. The number of nitrogens with one attached hydrogen (secondary N) is 1. The molecule has 0 saturated heterocycles. The lowest BCUT2D eigenvalue weighted by Crippen LogP contribution is -2.31. The highest BCUT2D eigenvalue weighted by Crippen LogP contribution is 2.19. The predicted octanol–water partition coefficient (Wildman–Crippen LogP) is 3.89. The zero-order valence-corrected chi connectivity index (χ0v) is 13.5. The minimum absolute atomic E-state index is 0.644. The normalized spacial score (nSPS) is 11.6. The third-order valence-corrected chi connectivity index (χ3v) is 3.14. The molecule has 108 valence electrons. The van der Waals surface area contributed by atoms with Gasteiger partial charge in [0.25, 0.3) is 0 Å². The van der Waals surface area contributed by atoms with Crippen LogP contribution < -0.4 is 5.32 Å². The molecule has 1 aromatic rings. The van der Waals surface area contributed by atoms with Crippen molar-refractivity contribution in [2.24, 2.45) is 11.8 Å². The number of hydrogen-bond acceptors (Lipinski definition) is 3. The third-order valence-electron chi connectivity index (χ3n) is 2.79. The topological polar surface area (TPSA) is 28.2 Å². The van der Waals surface area contributed by atoms with E-state index in [1.54, 1.807) is 0 Å². The Balaban J connectivity index is 2.82. The Bertz CT molecular complexity index is 381. The van der Waals surface area contributed by atoms with E-state index in [0.29, 0.717) is 11.8 Å². The Morgan fingerprint density at radius 2 is 1.74 bits per heavy atom. The van der Waals surface area contributed by atoms with Gasteiger partial charge in [-0.1, -0.05) is 39.3 Å². The first-order chi connectivity index (χ1) is 8.92. The van der Waals surface area contributed by atoms with Crippen LogP contribution in [0.2, 0.25) is 5.02 Å². The molecular weight excluding hydrogens is 258 g/mol. The smallest absolute Gasteiger partial charge is 0.126 e. The van der Waals surface area contributed by atoms with Gasteiger partial charge in [-0.3, -0.25) is 4.90 Å². The predicted molar refractivity (Wildman–Crippen MR) is 83.7 cm³/mol. The molecule has 0 unspecified atom stereocenters. The molecule has 0 spiro atoms. The van der Waals surface area contributed by atoms with E-state index in [0.717, 1.165) is 36.2 Å². The fourth-order valence-electron chi connectivity index (χ4n) is 2.18. The van der Waals surface area contributed by atoms with E-state index in [4.69, 9.17) is 11.6 Å². The Labute approximate surface area is 122 Å². The van der Waals surface area contributed by atoms with Gasteiger partial charge in [-0.05, 0) is 24.0 Å². The SMILES string of the molecule is CNc1ccc(Cl)c(CN(CC(C)C)CC(C)C)n1. The maximum Gasteiger partial charge on any atom is 0.126 e. The van der Waals surface area contributed by atoms with Crippen molar-refractivity contribution < 1.29 is 0 Å². The van der Waals surface area contributed by atoms with Gasteiger partial charge in [-0.25, -0.2) is 4.98 Å². The van der Waals surface area contributed by atoms with Gasteiger partial charge in [-0.15, -0.1) is 0 Å². The molecule has 0 fully saturated rings. The van der Waals surface area contributed by atoms with E-state index < -0.39 is 0 Å². The monoisotopic (exact) mass is 283 g/mol. The average molecular weight is 284 g/mol. The summed E-state index contributed by atoms with van der Waals surface area (Å²) in [4.78, 5) is 6.99. The van der Waals surface area contributed by atoms with Gasteiger partial charge in [0, 0.05) is 26.7 Å². The minimum Gasteiger partial charge on any atom is -0.373 e. The number of hydrogen-bond donors (Lipinski definition) is 1. The molecule has 1 N–H and O–H groups in total. The molecule has 0 saturated carbocycles. The quantitative estimate of drug-likeness (QED) is 0.823. The van der Waals surface area contributed by atoms with Crippen molar-refractivity contribution in [3.05, 3.63) is 22.8 Å². The average Bonchev–Trinajstić information content (AvgIpc) is 2.30. The third kappa shape index (κ3) is 5.79. The summed E-state index contributed by atoms with van der Waals surface area (Å²) in [7, 11) is 1.88. The van der Waals surface area contributed by atoms with Crippen molar-refractivity contribution in [3.8, 4) is 0 Å². The number of rotatable bonds is 7. The van der Waals surface area contributed by atoms with Crippen LogP contribution in [0.5, 0.6) is 0 Å². The standard InChI is InChI=1S/C15H26ClN3/c1-11(2)8-19(9-12(3)4)10-14-13(16)6-7-15(17-5)18-14/h6-7,11-12H,8-10H2,1-5H3,(H,17,18). The Morgan fingerprint density at radius 3 is 2.21 bits per heavy atom. The fourth-order valence-corrected chi connectivity index (χ4v) is 2.35. The molecule has 0 aliphatic carbocycles. The van der Waals surface area contributed by atoms with Crippen molar-refractivity contribution in [1.82, 2.24) is 9.88 Å². The number of pyridine rings is 1. The lowest BCUT2D eigenvalue weighted by molar-refractivity contribution is 0.209. The highest BCUT2D eigenvalue weighted by molar-refractivity contribution is 6.31. The van der Waals surface area contributed by atoms with Crippen LogP contribution in [0.1, 0.15) is 33.4 Å². The summed E-state index contributed by atoms with van der Waals surface area (Å²) in [5, 5.41) is 3.81. The molecule has 3 nitrogen and oxygen atoms in total. The first-order valence-electron chi connectivity index (χ1n) is 6.98. The van der Waals surface area contributed by atoms with Crippen LogP contribution in [-0.2, 0) is 6.54 Å². The van der Waals surface area contributed by atoms with Crippen LogP contribution in [0, 0.1) is 11.8 Å². The molecule has 19 heavy (non-hydrogen) atoms. The van der Waals surface area contributed by atoms with Crippen LogP contribution >= 0.6 is 11.6 Å². The van der Waals surface area contributed by atoms with Crippen molar-refractivity contribution in [2.45, 2.75) is 34.2 Å². The van der Waals surface area contributed by atoms with Crippen LogP contribution in [0.3, 0.4) is 0 Å². The van der Waals surface area contributed by atoms with E-state index in [1.807, 2.05) is 19.2 Å². The number of anilines is 1. The van der Waals surface area contributed by atoms with Crippen molar-refractivity contribution in [1.29, 1.82) is 0 Å². The summed E-state index contributed by atoms with van der Waals surface area (Å²) in [6.45, 7) is 11.9. The lowest BCUT2D eigenvalue weighted by Gasteiger charge is -2.26. The van der Waals surface area contributed by atoms with Gasteiger partial charge in [0.2, 0.25) is 0 Å². The highest BCUT2D eigenvalue weighted by atomic mass is 35.5. The lowest BCUT2D eigenvalue weighted by atomic mass is 10.1. The van der Waals surface area contributed by atoms with E-state index in [9.17, 15) is 0 Å². The minimum atomic E-state index is 0.644. The highest BCUT2D eigenvalue weighted by Gasteiger charge is 2.13. The Kier molecular flexibility index (Phi) is 6.59. The largest absolute Gasteiger partial charge is 0.373 e. The van der Waals surface area contributed by atoms with Crippen LogP contribution in [0.25, 0.3) is 0 Å². The zero-order chi connectivity index (χ0) is 14.4. The molecule has 4 heteroatoms. The second-order valence-electron chi connectivity index (χ2n) is 5.86. The molecule has 0 aliphatic rings. The first kappa shape index (κ1) is 16.3. The van der Waals surface area contributed by atoms with Gasteiger partial charge >= 0.3 is 0 Å². The van der Waals surface area contributed by atoms with Gasteiger partial charge < -0.3 is 5.32 Å². The molecule has 0 aromatic carbocycles. The van der Waals surface area contributed by atoms with Crippen molar-refractivity contribution >= 4 is 17.4 Å². The molecule has 1 heterocycles. The van der Waals surface area contributed by atoms with E-state index in [1.165, 1.54) is 0 Å². The number of nitrogens with zero attached hydrogens (tertiary/aromatic N) is 2. The maximum atomic E-state index is 6.25. The van der Waals surface area contributed by atoms with Gasteiger partial charge in [-0.2, -0.15) is 0 Å². The molecule has 0 aliphatic heterocycles.